The van der Waals surface area contributed by atoms with E-state index in [9.17, 15) is 0 Å². The van der Waals surface area contributed by atoms with E-state index in [1.54, 1.807) is 0 Å². The minimum atomic E-state index is 0.419. The van der Waals surface area contributed by atoms with E-state index in [4.69, 9.17) is 0 Å². The predicted molar refractivity (Wildman–Crippen MR) is 87.1 cm³/mol. The van der Waals surface area contributed by atoms with Gasteiger partial charge in [0.2, 0.25) is 0 Å². The lowest BCUT2D eigenvalue weighted by molar-refractivity contribution is 0.515. The summed E-state index contributed by atoms with van der Waals surface area (Å²) in [5, 5.41) is 7.79. The Morgan fingerprint density at radius 3 is 2.63 bits per heavy atom. The van der Waals surface area contributed by atoms with Crippen molar-refractivity contribution >= 4 is 22.6 Å². The number of hydrogen-bond acceptors (Lipinski definition) is 2. The van der Waals surface area contributed by atoms with Crippen LogP contribution in [0.15, 0.2) is 36.7 Å². The van der Waals surface area contributed by atoms with E-state index in [1.165, 1.54) is 14.7 Å². The maximum Gasteiger partial charge on any atom is 0.0521 e. The fraction of sp³-hybridized carbons (Fsp3) is 0.400. The van der Waals surface area contributed by atoms with Crippen LogP contribution < -0.4 is 5.32 Å². The molecule has 0 fully saturated rings. The van der Waals surface area contributed by atoms with Crippen LogP contribution in [0, 0.1) is 3.57 Å². The van der Waals surface area contributed by atoms with E-state index in [0.717, 1.165) is 19.4 Å². The number of hydrogen-bond donors (Lipinski definition) is 1. The monoisotopic (exact) mass is 369 g/mol. The molecule has 1 atom stereocenters. The zero-order chi connectivity index (χ0) is 13.7. The highest BCUT2D eigenvalue weighted by Crippen LogP contribution is 2.20. The Morgan fingerprint density at radius 2 is 2.05 bits per heavy atom. The van der Waals surface area contributed by atoms with Crippen LogP contribution in [0.3, 0.4) is 0 Å². The van der Waals surface area contributed by atoms with Crippen molar-refractivity contribution in [1.29, 1.82) is 0 Å². The van der Waals surface area contributed by atoms with E-state index >= 15 is 0 Å². The molecular weight excluding hydrogens is 349 g/mol. The van der Waals surface area contributed by atoms with Crippen LogP contribution in [-0.4, -0.2) is 16.3 Å². The molecular formula is C15H20IN3. The normalized spacial score (nSPS) is 12.6. The second-order valence-corrected chi connectivity index (χ2v) is 5.97. The van der Waals surface area contributed by atoms with Crippen LogP contribution in [0.1, 0.15) is 30.5 Å². The molecule has 0 saturated carbocycles. The zero-order valence-corrected chi connectivity index (χ0v) is 13.6. The van der Waals surface area contributed by atoms with Gasteiger partial charge in [-0.1, -0.05) is 19.1 Å². The smallest absolute Gasteiger partial charge is 0.0521 e. The third-order valence-electron chi connectivity index (χ3n) is 3.20. The van der Waals surface area contributed by atoms with Gasteiger partial charge in [0.05, 0.1) is 6.20 Å². The molecule has 1 heterocycles. The van der Waals surface area contributed by atoms with E-state index in [1.807, 2.05) is 17.9 Å². The van der Waals surface area contributed by atoms with Gasteiger partial charge in [0.1, 0.15) is 0 Å². The Bertz CT molecular complexity index is 504. The van der Waals surface area contributed by atoms with E-state index in [-0.39, 0.29) is 0 Å². The summed E-state index contributed by atoms with van der Waals surface area (Å²) in [7, 11) is 1.96. The quantitative estimate of drug-likeness (QED) is 0.792. The molecule has 2 aromatic rings. The molecule has 2 rings (SSSR count). The van der Waals surface area contributed by atoms with Crippen LogP contribution in [0.25, 0.3) is 0 Å². The highest BCUT2D eigenvalue weighted by molar-refractivity contribution is 14.1. The first kappa shape index (κ1) is 14.5. The third-order valence-corrected chi connectivity index (χ3v) is 3.92. The third kappa shape index (κ3) is 4.31. The topological polar surface area (TPSA) is 29.9 Å². The highest BCUT2D eigenvalue weighted by Gasteiger charge is 2.10. The van der Waals surface area contributed by atoms with Crippen LogP contribution in [0.4, 0.5) is 0 Å². The maximum absolute atomic E-state index is 4.22. The molecule has 1 aromatic heterocycles. The molecule has 19 heavy (non-hydrogen) atoms. The van der Waals surface area contributed by atoms with Gasteiger partial charge in [0.15, 0.2) is 0 Å². The second-order valence-electron chi connectivity index (χ2n) is 4.72. The van der Waals surface area contributed by atoms with E-state index < -0.39 is 0 Å². The van der Waals surface area contributed by atoms with Gasteiger partial charge in [0, 0.05) is 22.9 Å². The lowest BCUT2D eigenvalue weighted by atomic mass is 10.0. The van der Waals surface area contributed by atoms with Crippen molar-refractivity contribution in [2.75, 3.05) is 6.54 Å². The maximum atomic E-state index is 4.22. The van der Waals surface area contributed by atoms with Gasteiger partial charge in [-0.2, -0.15) is 5.10 Å². The van der Waals surface area contributed by atoms with Crippen LogP contribution in [0.2, 0.25) is 0 Å². The molecule has 0 aliphatic carbocycles. The van der Waals surface area contributed by atoms with Gasteiger partial charge in [-0.05, 0) is 65.2 Å². The van der Waals surface area contributed by atoms with Crippen molar-refractivity contribution in [2.45, 2.75) is 25.8 Å². The van der Waals surface area contributed by atoms with Gasteiger partial charge in [-0.15, -0.1) is 0 Å². The zero-order valence-electron chi connectivity index (χ0n) is 11.4. The molecule has 0 aliphatic heterocycles. The van der Waals surface area contributed by atoms with Crippen molar-refractivity contribution in [1.82, 2.24) is 15.1 Å². The fourth-order valence-corrected chi connectivity index (χ4v) is 2.60. The Labute approximate surface area is 128 Å². The predicted octanol–water partition coefficient (Wildman–Crippen LogP) is 3.31. The van der Waals surface area contributed by atoms with Gasteiger partial charge in [-0.25, -0.2) is 0 Å². The molecule has 3 nitrogen and oxygen atoms in total. The molecule has 102 valence electrons. The summed E-state index contributed by atoms with van der Waals surface area (Å²) in [6, 6.07) is 9.20. The summed E-state index contributed by atoms with van der Waals surface area (Å²) >= 11 is 2.34. The van der Waals surface area contributed by atoms with Crippen molar-refractivity contribution in [3.8, 4) is 0 Å². The SMILES string of the molecule is CCNC(CCc1cnn(C)c1)c1ccc(I)cc1. The van der Waals surface area contributed by atoms with E-state index in [0.29, 0.717) is 6.04 Å². The van der Waals surface area contributed by atoms with Crippen molar-refractivity contribution in [3.63, 3.8) is 0 Å². The summed E-state index contributed by atoms with van der Waals surface area (Å²) in [5.41, 5.74) is 2.67. The molecule has 0 bridgehead atoms. The first-order chi connectivity index (χ1) is 9.19. The first-order valence-corrected chi connectivity index (χ1v) is 7.73. The first-order valence-electron chi connectivity index (χ1n) is 6.65. The lowest BCUT2D eigenvalue weighted by Crippen LogP contribution is -2.21. The number of aromatic nitrogens is 2. The molecule has 0 spiro atoms. The minimum Gasteiger partial charge on any atom is -0.310 e. The summed E-state index contributed by atoms with van der Waals surface area (Å²) in [6.45, 7) is 3.15. The van der Waals surface area contributed by atoms with Crippen LogP contribution >= 0.6 is 22.6 Å². The highest BCUT2D eigenvalue weighted by atomic mass is 127. The van der Waals surface area contributed by atoms with Gasteiger partial charge >= 0.3 is 0 Å². The summed E-state index contributed by atoms with van der Waals surface area (Å²) in [5.74, 6) is 0. The Balaban J connectivity index is 2.01. The summed E-state index contributed by atoms with van der Waals surface area (Å²) in [4.78, 5) is 0. The standard InChI is InChI=1S/C15H20IN3/c1-3-17-15(13-5-7-14(16)8-6-13)9-4-12-10-18-19(2)11-12/h5-8,10-11,15,17H,3-4,9H2,1-2H3. The number of halogens is 1. The number of aryl methyl sites for hydroxylation is 2. The second kappa shape index (κ2) is 7.05. The molecule has 4 heteroatoms. The van der Waals surface area contributed by atoms with Crippen molar-refractivity contribution < 1.29 is 0 Å². The number of nitrogens with one attached hydrogen (secondary N) is 1. The van der Waals surface area contributed by atoms with Gasteiger partial charge in [0.25, 0.3) is 0 Å². The largest absolute Gasteiger partial charge is 0.310 e. The molecule has 0 amide bonds. The van der Waals surface area contributed by atoms with Crippen LogP contribution in [0.5, 0.6) is 0 Å². The lowest BCUT2D eigenvalue weighted by Gasteiger charge is -2.18. The molecule has 0 saturated heterocycles. The van der Waals surface area contributed by atoms with Crippen molar-refractivity contribution in [3.05, 3.63) is 51.4 Å². The molecule has 0 radical (unpaired) electrons. The minimum absolute atomic E-state index is 0.419. The summed E-state index contributed by atoms with van der Waals surface area (Å²) < 4.78 is 3.14. The van der Waals surface area contributed by atoms with Gasteiger partial charge < -0.3 is 5.32 Å². The average molecular weight is 369 g/mol. The Hall–Kier alpha value is -0.880. The number of benzene rings is 1. The Morgan fingerprint density at radius 1 is 1.32 bits per heavy atom. The number of rotatable bonds is 6. The fourth-order valence-electron chi connectivity index (χ4n) is 2.24. The molecule has 1 aromatic carbocycles. The van der Waals surface area contributed by atoms with Gasteiger partial charge in [-0.3, -0.25) is 4.68 Å². The molecule has 1 N–H and O–H groups in total. The van der Waals surface area contributed by atoms with E-state index in [2.05, 4.69) is 70.4 Å². The number of nitrogens with zero attached hydrogens (tertiary/aromatic N) is 2. The Kier molecular flexibility index (Phi) is 5.39. The van der Waals surface area contributed by atoms with Crippen molar-refractivity contribution in [2.24, 2.45) is 7.05 Å². The van der Waals surface area contributed by atoms with Crippen LogP contribution in [-0.2, 0) is 13.5 Å². The molecule has 1 unspecified atom stereocenters. The molecule has 0 aliphatic rings. The summed E-state index contributed by atoms with van der Waals surface area (Å²) in [6.07, 6.45) is 6.20. The average Bonchev–Trinajstić information content (AvgIpc) is 2.81.